The van der Waals surface area contributed by atoms with E-state index in [1.807, 2.05) is 0 Å². The molecule has 2 aromatic heterocycles. The molecule has 0 saturated heterocycles. The van der Waals surface area contributed by atoms with E-state index in [0.29, 0.717) is 0 Å². The Morgan fingerprint density at radius 1 is 0.390 bits per heavy atom. The van der Waals surface area contributed by atoms with Crippen molar-refractivity contribution in [2.75, 3.05) is 0 Å². The molecule has 1 nitrogen and oxygen atoms in total. The van der Waals surface area contributed by atoms with Gasteiger partial charge in [0.1, 0.15) is 0 Å². The predicted molar refractivity (Wildman–Crippen MR) is 176 cm³/mol. The highest BCUT2D eigenvalue weighted by molar-refractivity contribution is 6.24. The van der Waals surface area contributed by atoms with Gasteiger partial charge in [-0.1, -0.05) is 112 Å². The molecular weight excluding hydrogens is 494 g/mol. The number of rotatable bonds is 3. The smallest absolute Gasteiger partial charge is 0.0620 e. The van der Waals surface area contributed by atoms with Crippen molar-refractivity contribution in [3.05, 3.63) is 139 Å². The van der Waals surface area contributed by atoms with Gasteiger partial charge in [0.05, 0.1) is 16.6 Å². The second kappa shape index (κ2) is 8.81. The Bertz CT molecular complexity index is 2220. The summed E-state index contributed by atoms with van der Waals surface area (Å²) >= 11 is 0. The molecule has 0 unspecified atom stereocenters. The number of para-hydroxylation sites is 1. The maximum Gasteiger partial charge on any atom is 0.0620 e. The molecule has 0 bridgehead atoms. The molecule has 0 atom stereocenters. The minimum absolute atomic E-state index is 0.0663. The second-order valence-electron chi connectivity index (χ2n) is 12.3. The molecule has 0 amide bonds. The molecule has 6 aromatic carbocycles. The molecule has 0 aliphatic carbocycles. The van der Waals surface area contributed by atoms with Crippen LogP contribution in [0.5, 0.6) is 0 Å². The maximum absolute atomic E-state index is 2.47. The number of benzene rings is 6. The van der Waals surface area contributed by atoms with Crippen molar-refractivity contribution in [2.45, 2.75) is 26.2 Å². The molecule has 0 spiro atoms. The average molecular weight is 526 g/mol. The fourth-order valence-corrected chi connectivity index (χ4v) is 6.50. The van der Waals surface area contributed by atoms with Crippen molar-refractivity contribution in [3.8, 4) is 33.4 Å². The maximum atomic E-state index is 2.47. The van der Waals surface area contributed by atoms with Gasteiger partial charge in [0.25, 0.3) is 0 Å². The summed E-state index contributed by atoms with van der Waals surface area (Å²) in [6.07, 6.45) is 0. The van der Waals surface area contributed by atoms with Gasteiger partial charge in [0.2, 0.25) is 0 Å². The molecule has 1 heteroatoms. The Labute approximate surface area is 240 Å². The van der Waals surface area contributed by atoms with E-state index >= 15 is 0 Å². The summed E-state index contributed by atoms with van der Waals surface area (Å²) in [7, 11) is 0. The lowest BCUT2D eigenvalue weighted by Crippen LogP contribution is -2.10. The van der Waals surface area contributed by atoms with Gasteiger partial charge in [0, 0.05) is 21.5 Å². The molecule has 0 aliphatic rings. The highest BCUT2D eigenvalue weighted by atomic mass is 14.9. The SMILES string of the molecule is CC(C)(C)c1cc2c3ccccc3n3c4ccc(-c5cccc(-c6cccc(-c7ccccc7)c6)c5)cc4c(c1)c23. The van der Waals surface area contributed by atoms with E-state index < -0.39 is 0 Å². The highest BCUT2D eigenvalue weighted by Crippen LogP contribution is 2.43. The van der Waals surface area contributed by atoms with Crippen LogP contribution >= 0.6 is 0 Å². The predicted octanol–water partition coefficient (Wildman–Crippen LogP) is 11.1. The van der Waals surface area contributed by atoms with Gasteiger partial charge in [-0.2, -0.15) is 0 Å². The second-order valence-corrected chi connectivity index (χ2v) is 12.3. The van der Waals surface area contributed by atoms with E-state index in [1.54, 1.807) is 0 Å². The zero-order chi connectivity index (χ0) is 27.7. The molecule has 2 heterocycles. The molecule has 41 heavy (non-hydrogen) atoms. The topological polar surface area (TPSA) is 4.41 Å². The number of fused-ring (bicyclic) bond motifs is 6. The normalized spacial score (nSPS) is 12.3. The van der Waals surface area contributed by atoms with E-state index in [1.165, 1.54) is 77.0 Å². The number of hydrogen-bond donors (Lipinski definition) is 0. The van der Waals surface area contributed by atoms with Crippen molar-refractivity contribution in [1.29, 1.82) is 0 Å². The Morgan fingerprint density at radius 3 is 1.56 bits per heavy atom. The fourth-order valence-electron chi connectivity index (χ4n) is 6.50. The Kier molecular flexibility index (Phi) is 5.15. The third kappa shape index (κ3) is 3.77. The largest absolute Gasteiger partial charge is 0.308 e. The van der Waals surface area contributed by atoms with E-state index in [0.717, 1.165) is 0 Å². The van der Waals surface area contributed by atoms with Crippen LogP contribution in [0.15, 0.2) is 133 Å². The van der Waals surface area contributed by atoms with Crippen molar-refractivity contribution in [2.24, 2.45) is 0 Å². The van der Waals surface area contributed by atoms with Crippen LogP contribution in [0, 0.1) is 0 Å². The van der Waals surface area contributed by atoms with Gasteiger partial charge >= 0.3 is 0 Å². The summed E-state index contributed by atoms with van der Waals surface area (Å²) in [4.78, 5) is 0. The van der Waals surface area contributed by atoms with Crippen molar-refractivity contribution >= 4 is 38.1 Å². The summed E-state index contributed by atoms with van der Waals surface area (Å²) in [5, 5.41) is 5.33. The molecule has 0 N–H and O–H groups in total. The van der Waals surface area contributed by atoms with Gasteiger partial charge in [-0.3, -0.25) is 0 Å². The van der Waals surface area contributed by atoms with Gasteiger partial charge in [-0.25, -0.2) is 0 Å². The van der Waals surface area contributed by atoms with E-state index in [4.69, 9.17) is 0 Å². The summed E-state index contributed by atoms with van der Waals surface area (Å²) in [5.41, 5.74) is 12.7. The first-order valence-electron chi connectivity index (χ1n) is 14.4. The molecule has 0 radical (unpaired) electrons. The quantitative estimate of drug-likeness (QED) is 0.216. The van der Waals surface area contributed by atoms with Crippen LogP contribution in [-0.2, 0) is 5.41 Å². The van der Waals surface area contributed by atoms with Crippen LogP contribution in [0.1, 0.15) is 26.3 Å². The number of nitrogens with zero attached hydrogens (tertiary/aromatic N) is 1. The fraction of sp³-hybridized carbons (Fsp3) is 0.100. The first kappa shape index (κ1) is 24.0. The molecule has 196 valence electrons. The van der Waals surface area contributed by atoms with Gasteiger partial charge < -0.3 is 4.40 Å². The van der Waals surface area contributed by atoms with Crippen LogP contribution < -0.4 is 0 Å². The van der Waals surface area contributed by atoms with Crippen molar-refractivity contribution in [1.82, 2.24) is 4.40 Å². The average Bonchev–Trinajstić information content (AvgIpc) is 3.52. The van der Waals surface area contributed by atoms with Crippen LogP contribution in [0.25, 0.3) is 71.5 Å². The lowest BCUT2D eigenvalue weighted by Gasteiger charge is -2.19. The monoisotopic (exact) mass is 525 g/mol. The Hall–Kier alpha value is -4.88. The van der Waals surface area contributed by atoms with E-state index in [-0.39, 0.29) is 5.41 Å². The number of aromatic nitrogens is 1. The summed E-state index contributed by atoms with van der Waals surface area (Å²) in [6.45, 7) is 6.93. The van der Waals surface area contributed by atoms with Crippen LogP contribution in [-0.4, -0.2) is 4.40 Å². The summed E-state index contributed by atoms with van der Waals surface area (Å²) in [5.74, 6) is 0. The molecule has 0 saturated carbocycles. The van der Waals surface area contributed by atoms with Crippen LogP contribution in [0.4, 0.5) is 0 Å². The van der Waals surface area contributed by atoms with E-state index in [9.17, 15) is 0 Å². The molecule has 0 aliphatic heterocycles. The molecular formula is C40H31N. The van der Waals surface area contributed by atoms with Crippen LogP contribution in [0.2, 0.25) is 0 Å². The summed E-state index contributed by atoms with van der Waals surface area (Å²) in [6, 6.07) is 49.1. The van der Waals surface area contributed by atoms with Crippen LogP contribution in [0.3, 0.4) is 0 Å². The lowest BCUT2D eigenvalue weighted by molar-refractivity contribution is 0.592. The first-order chi connectivity index (χ1) is 20.0. The zero-order valence-corrected chi connectivity index (χ0v) is 23.6. The standard InChI is InChI=1S/C40H31N/c1-40(2,3)32-24-35-33-17-7-8-18-37(33)41-38-20-19-31(23-34(38)36(25-32)39(35)41)30-16-10-15-29(22-30)28-14-9-13-27(21-28)26-11-5-4-6-12-26/h4-25H,1-3H3. The van der Waals surface area contributed by atoms with Gasteiger partial charge in [-0.15, -0.1) is 0 Å². The van der Waals surface area contributed by atoms with Crippen molar-refractivity contribution in [3.63, 3.8) is 0 Å². The van der Waals surface area contributed by atoms with Crippen molar-refractivity contribution < 1.29 is 0 Å². The molecule has 0 fully saturated rings. The first-order valence-corrected chi connectivity index (χ1v) is 14.4. The third-order valence-corrected chi connectivity index (χ3v) is 8.66. The Balaban J connectivity index is 1.31. The van der Waals surface area contributed by atoms with E-state index in [2.05, 4.69) is 159 Å². The molecule has 8 rings (SSSR count). The zero-order valence-electron chi connectivity index (χ0n) is 23.6. The minimum Gasteiger partial charge on any atom is -0.308 e. The number of hydrogen-bond acceptors (Lipinski definition) is 0. The minimum atomic E-state index is 0.0663. The molecule has 8 aromatic rings. The lowest BCUT2D eigenvalue weighted by atomic mass is 9.85. The highest BCUT2D eigenvalue weighted by Gasteiger charge is 2.22. The van der Waals surface area contributed by atoms with Gasteiger partial charge in [-0.05, 0) is 86.8 Å². The third-order valence-electron chi connectivity index (χ3n) is 8.66. The summed E-state index contributed by atoms with van der Waals surface area (Å²) < 4.78 is 2.47. The van der Waals surface area contributed by atoms with Gasteiger partial charge in [0.15, 0.2) is 0 Å². The Morgan fingerprint density at radius 2 is 0.902 bits per heavy atom.